The molecule has 0 spiro atoms. The fourth-order valence-electron chi connectivity index (χ4n) is 2.36. The van der Waals surface area contributed by atoms with Crippen LogP contribution in [0.15, 0.2) is 18.2 Å². The van der Waals surface area contributed by atoms with Gasteiger partial charge in [-0.1, -0.05) is 58.5 Å². The number of halogens is 3. The number of ether oxygens (including phenoxy) is 2. The van der Waals surface area contributed by atoms with Gasteiger partial charge in [-0.2, -0.15) is 0 Å². The molecule has 0 saturated carbocycles. The first-order valence-electron chi connectivity index (χ1n) is 6.44. The average Bonchev–Trinajstić information content (AvgIpc) is 2.74. The maximum atomic E-state index is 6.30. The van der Waals surface area contributed by atoms with Crippen molar-refractivity contribution in [1.82, 2.24) is 0 Å². The minimum absolute atomic E-state index is 0.135. The van der Waals surface area contributed by atoms with Gasteiger partial charge in [-0.25, -0.2) is 0 Å². The topological polar surface area (TPSA) is 18.5 Å². The summed E-state index contributed by atoms with van der Waals surface area (Å²) in [7, 11) is 0. The second-order valence-electron chi connectivity index (χ2n) is 4.66. The van der Waals surface area contributed by atoms with Gasteiger partial charge in [0.25, 0.3) is 0 Å². The summed E-state index contributed by atoms with van der Waals surface area (Å²) < 4.78 is 12.1. The lowest BCUT2D eigenvalue weighted by atomic mass is 10.0. The highest BCUT2D eigenvalue weighted by Gasteiger charge is 2.43. The molecule has 2 unspecified atom stereocenters. The third kappa shape index (κ3) is 3.45. The maximum absolute atomic E-state index is 6.30. The minimum atomic E-state index is -0.745. The van der Waals surface area contributed by atoms with E-state index in [1.54, 1.807) is 6.07 Å². The predicted molar refractivity (Wildman–Crippen MR) is 82.3 cm³/mol. The Bertz CT molecular complexity index is 441. The molecule has 0 aliphatic carbocycles. The van der Waals surface area contributed by atoms with Crippen molar-refractivity contribution in [2.75, 3.05) is 11.9 Å². The molecule has 1 fully saturated rings. The van der Waals surface area contributed by atoms with Crippen LogP contribution >= 0.6 is 39.1 Å². The molecule has 0 aromatic heterocycles. The van der Waals surface area contributed by atoms with E-state index in [4.69, 9.17) is 32.7 Å². The molecule has 1 aliphatic heterocycles. The SMILES string of the molecule is CCCC1COC(CCBr)(c2ccc(Cl)cc2Cl)O1. The Kier molecular flexibility index (Phi) is 5.55. The molecule has 2 atom stereocenters. The third-order valence-corrected chi connectivity index (χ3v) is 4.18. The van der Waals surface area contributed by atoms with Crippen LogP contribution in [0.2, 0.25) is 10.0 Å². The molecule has 19 heavy (non-hydrogen) atoms. The lowest BCUT2D eigenvalue weighted by molar-refractivity contribution is -0.178. The second kappa shape index (κ2) is 6.77. The average molecular weight is 368 g/mol. The fraction of sp³-hybridized carbons (Fsp3) is 0.571. The molecule has 1 heterocycles. The number of benzene rings is 1. The zero-order valence-electron chi connectivity index (χ0n) is 10.8. The Balaban J connectivity index is 2.29. The summed E-state index contributed by atoms with van der Waals surface area (Å²) in [6, 6.07) is 5.44. The first-order chi connectivity index (χ1) is 9.11. The number of rotatable bonds is 5. The normalized spacial score (nSPS) is 26.8. The van der Waals surface area contributed by atoms with Gasteiger partial charge in [0.15, 0.2) is 5.79 Å². The molecular formula is C14H17BrCl2O2. The van der Waals surface area contributed by atoms with E-state index < -0.39 is 5.79 Å². The van der Waals surface area contributed by atoms with Gasteiger partial charge in [0.2, 0.25) is 0 Å². The van der Waals surface area contributed by atoms with Gasteiger partial charge in [0.1, 0.15) is 0 Å². The standard InChI is InChI=1S/C14H17BrCl2O2/c1-2-3-11-9-18-14(19-11,6-7-15)12-5-4-10(16)8-13(12)17/h4-5,8,11H,2-3,6-7,9H2,1H3. The molecule has 2 nitrogen and oxygen atoms in total. The molecule has 1 saturated heterocycles. The van der Waals surface area contributed by atoms with E-state index in [9.17, 15) is 0 Å². The van der Waals surface area contributed by atoms with Crippen LogP contribution in [0.1, 0.15) is 31.7 Å². The van der Waals surface area contributed by atoms with Crippen molar-refractivity contribution in [2.45, 2.75) is 38.1 Å². The van der Waals surface area contributed by atoms with E-state index in [1.807, 2.05) is 12.1 Å². The second-order valence-corrected chi connectivity index (χ2v) is 6.29. The molecular weight excluding hydrogens is 351 g/mol. The predicted octanol–water partition coefficient (Wildman–Crippen LogP) is 5.15. The third-order valence-electron chi connectivity index (χ3n) is 3.24. The monoisotopic (exact) mass is 366 g/mol. The van der Waals surface area contributed by atoms with Gasteiger partial charge in [-0.3, -0.25) is 0 Å². The number of hydrogen-bond acceptors (Lipinski definition) is 2. The Morgan fingerprint density at radius 3 is 2.84 bits per heavy atom. The summed E-state index contributed by atoms with van der Waals surface area (Å²) in [6.07, 6.45) is 2.92. The quantitative estimate of drug-likeness (QED) is 0.670. The first kappa shape index (κ1) is 15.6. The van der Waals surface area contributed by atoms with Crippen molar-refractivity contribution >= 4 is 39.1 Å². The van der Waals surface area contributed by atoms with Crippen LogP contribution in [0.5, 0.6) is 0 Å². The molecule has 0 N–H and O–H groups in total. The summed E-state index contributed by atoms with van der Waals surface area (Å²) in [5.41, 5.74) is 0.858. The molecule has 5 heteroatoms. The summed E-state index contributed by atoms with van der Waals surface area (Å²) in [5, 5.41) is 1.99. The van der Waals surface area contributed by atoms with Crippen LogP contribution in [0, 0.1) is 0 Å². The summed E-state index contributed by atoms with van der Waals surface area (Å²) >= 11 is 15.7. The van der Waals surface area contributed by atoms with E-state index >= 15 is 0 Å². The van der Waals surface area contributed by atoms with Crippen molar-refractivity contribution in [3.63, 3.8) is 0 Å². The van der Waals surface area contributed by atoms with E-state index in [2.05, 4.69) is 22.9 Å². The minimum Gasteiger partial charge on any atom is -0.343 e. The number of hydrogen-bond donors (Lipinski definition) is 0. The van der Waals surface area contributed by atoms with Crippen molar-refractivity contribution in [3.05, 3.63) is 33.8 Å². The highest BCUT2D eigenvalue weighted by Crippen LogP contribution is 2.42. The highest BCUT2D eigenvalue weighted by molar-refractivity contribution is 9.09. The van der Waals surface area contributed by atoms with Gasteiger partial charge in [-0.15, -0.1) is 0 Å². The molecule has 1 aromatic rings. The van der Waals surface area contributed by atoms with Crippen LogP contribution in [-0.4, -0.2) is 18.0 Å². The van der Waals surface area contributed by atoms with Crippen molar-refractivity contribution in [1.29, 1.82) is 0 Å². The van der Waals surface area contributed by atoms with Crippen LogP contribution in [0.3, 0.4) is 0 Å². The zero-order valence-corrected chi connectivity index (χ0v) is 13.9. The van der Waals surface area contributed by atoms with Crippen LogP contribution in [0.25, 0.3) is 0 Å². The summed E-state index contributed by atoms with van der Waals surface area (Å²) in [6.45, 7) is 2.75. The van der Waals surface area contributed by atoms with Gasteiger partial charge >= 0.3 is 0 Å². The Morgan fingerprint density at radius 1 is 1.42 bits per heavy atom. The van der Waals surface area contributed by atoms with Crippen molar-refractivity contribution in [3.8, 4) is 0 Å². The van der Waals surface area contributed by atoms with E-state index in [0.717, 1.165) is 23.7 Å². The Hall–Kier alpha value is 0.200. The summed E-state index contributed by atoms with van der Waals surface area (Å²) in [5.74, 6) is -0.745. The van der Waals surface area contributed by atoms with Crippen molar-refractivity contribution in [2.24, 2.45) is 0 Å². The fourth-order valence-corrected chi connectivity index (χ4v) is 3.43. The summed E-state index contributed by atoms with van der Waals surface area (Å²) in [4.78, 5) is 0. The van der Waals surface area contributed by atoms with Crippen LogP contribution in [0.4, 0.5) is 0 Å². The molecule has 0 amide bonds. The van der Waals surface area contributed by atoms with Gasteiger partial charge < -0.3 is 9.47 Å². The lowest BCUT2D eigenvalue weighted by Crippen LogP contribution is -2.29. The van der Waals surface area contributed by atoms with Gasteiger partial charge in [-0.05, 0) is 18.6 Å². The highest BCUT2D eigenvalue weighted by atomic mass is 79.9. The number of alkyl halides is 1. The Morgan fingerprint density at radius 2 is 2.21 bits per heavy atom. The van der Waals surface area contributed by atoms with Crippen LogP contribution < -0.4 is 0 Å². The molecule has 106 valence electrons. The lowest BCUT2D eigenvalue weighted by Gasteiger charge is -2.29. The molecule has 1 aromatic carbocycles. The van der Waals surface area contributed by atoms with E-state index in [1.165, 1.54) is 0 Å². The maximum Gasteiger partial charge on any atom is 0.197 e. The van der Waals surface area contributed by atoms with E-state index in [0.29, 0.717) is 23.1 Å². The van der Waals surface area contributed by atoms with Crippen LogP contribution in [-0.2, 0) is 15.3 Å². The van der Waals surface area contributed by atoms with E-state index in [-0.39, 0.29) is 6.10 Å². The molecule has 1 aliphatic rings. The Labute approximate surface area is 132 Å². The van der Waals surface area contributed by atoms with Gasteiger partial charge in [0, 0.05) is 22.3 Å². The molecule has 0 radical (unpaired) electrons. The van der Waals surface area contributed by atoms with Gasteiger partial charge in [0.05, 0.1) is 17.7 Å². The largest absolute Gasteiger partial charge is 0.343 e. The molecule has 0 bridgehead atoms. The molecule has 2 rings (SSSR count). The van der Waals surface area contributed by atoms with Crippen molar-refractivity contribution < 1.29 is 9.47 Å². The first-order valence-corrected chi connectivity index (χ1v) is 8.32. The smallest absolute Gasteiger partial charge is 0.197 e. The zero-order chi connectivity index (χ0) is 13.9.